The van der Waals surface area contributed by atoms with Gasteiger partial charge in [0, 0.05) is 11.6 Å². The van der Waals surface area contributed by atoms with E-state index < -0.39 is 16.4 Å². The first kappa shape index (κ1) is 24.5. The molecule has 0 unspecified atom stereocenters. The number of hydrogen-bond acceptors (Lipinski definition) is 3. The van der Waals surface area contributed by atoms with E-state index in [4.69, 9.17) is 13.7 Å². The van der Waals surface area contributed by atoms with E-state index in [-0.39, 0.29) is 30.5 Å². The van der Waals surface area contributed by atoms with E-state index in [1.165, 1.54) is 11.6 Å². The average molecular weight is 471 g/mol. The Kier molecular flexibility index (Phi) is 6.07. The fourth-order valence-electron chi connectivity index (χ4n) is 7.20. The van der Waals surface area contributed by atoms with E-state index in [1.807, 2.05) is 0 Å². The van der Waals surface area contributed by atoms with E-state index in [2.05, 4.69) is 97.3 Å². The van der Waals surface area contributed by atoms with Gasteiger partial charge in [0.05, 0.1) is 19.8 Å². The van der Waals surface area contributed by atoms with Crippen molar-refractivity contribution in [3.63, 3.8) is 0 Å². The van der Waals surface area contributed by atoms with E-state index in [0.29, 0.717) is 11.3 Å². The van der Waals surface area contributed by atoms with Gasteiger partial charge >= 0.3 is 7.12 Å². The largest absolute Gasteiger partial charge is 0.489 e. The molecule has 1 aliphatic heterocycles. The molecule has 0 radical (unpaired) electrons. The fraction of sp³-hybridized carbons (Fsp3) is 0.692. The second kappa shape index (κ2) is 7.94. The molecule has 0 aromatic heterocycles. The summed E-state index contributed by atoms with van der Waals surface area (Å²) in [6, 6.07) is 11.0. The Labute approximate surface area is 198 Å². The number of hydrogen-bond donors (Lipinski definition) is 0. The zero-order chi connectivity index (χ0) is 23.7. The third-order valence-electron chi connectivity index (χ3n) is 8.96. The quantitative estimate of drug-likeness (QED) is 0.455. The molecule has 6 heteroatoms. The van der Waals surface area contributed by atoms with Gasteiger partial charge in [-0.1, -0.05) is 62.5 Å². The molecule has 0 amide bonds. The van der Waals surface area contributed by atoms with Crippen molar-refractivity contribution in [1.82, 2.24) is 0 Å². The maximum atomic E-state index is 6.85. The third-order valence-corrected chi connectivity index (χ3v) is 14.3. The first-order valence-electron chi connectivity index (χ1n) is 12.4. The molecule has 1 saturated heterocycles. The summed E-state index contributed by atoms with van der Waals surface area (Å²) in [5.41, 5.74) is 1.43. The summed E-state index contributed by atoms with van der Waals surface area (Å²) < 4.78 is 20.2. The minimum atomic E-state index is -1.97. The highest BCUT2D eigenvalue weighted by Gasteiger charge is 2.68. The number of rotatable bonds is 7. The van der Waals surface area contributed by atoms with Crippen LogP contribution in [0.5, 0.6) is 0 Å². The van der Waals surface area contributed by atoms with Crippen molar-refractivity contribution < 1.29 is 13.7 Å². The SMILES string of the molecule is C=C(B1O[C@H]2C[C@H]3C[C@H](C3(C)C)[C@@]2(C)O1)[C@H]([C@@H](C)O[Si](C)(C)C)[Si](C)(C)c1ccccc1. The predicted molar refractivity (Wildman–Crippen MR) is 140 cm³/mol. The first-order valence-corrected chi connectivity index (χ1v) is 18.9. The number of benzene rings is 1. The first-order chi connectivity index (χ1) is 14.7. The highest BCUT2D eigenvalue weighted by atomic mass is 28.4. The molecular weight excluding hydrogens is 427 g/mol. The Hall–Kier alpha value is -0.661. The Bertz CT molecular complexity index is 866. The normalized spacial score (nSPS) is 33.3. The van der Waals surface area contributed by atoms with Crippen molar-refractivity contribution in [1.29, 1.82) is 0 Å². The molecular formula is C26H43BO3Si2. The van der Waals surface area contributed by atoms with Crippen LogP contribution in [0.3, 0.4) is 0 Å². The third kappa shape index (κ3) is 3.94. The van der Waals surface area contributed by atoms with Crippen molar-refractivity contribution >= 4 is 28.7 Å². The van der Waals surface area contributed by atoms with Crippen LogP contribution in [-0.4, -0.2) is 41.3 Å². The van der Waals surface area contributed by atoms with Crippen LogP contribution in [0.2, 0.25) is 38.3 Å². The van der Waals surface area contributed by atoms with Gasteiger partial charge in [-0.3, -0.25) is 0 Å². The summed E-state index contributed by atoms with van der Waals surface area (Å²) in [4.78, 5) is 0. The molecule has 3 nitrogen and oxygen atoms in total. The van der Waals surface area contributed by atoms with Gasteiger partial charge in [-0.25, -0.2) is 0 Å². The smallest absolute Gasteiger partial charge is 0.415 e. The molecule has 5 rings (SSSR count). The monoisotopic (exact) mass is 470 g/mol. The summed E-state index contributed by atoms with van der Waals surface area (Å²) >= 11 is 0. The van der Waals surface area contributed by atoms with Gasteiger partial charge in [-0.05, 0) is 69.1 Å². The maximum absolute atomic E-state index is 6.85. The van der Waals surface area contributed by atoms with E-state index in [0.717, 1.165) is 17.8 Å². The maximum Gasteiger partial charge on any atom is 0.489 e. The highest BCUT2D eigenvalue weighted by Crippen LogP contribution is 2.66. The molecule has 0 N–H and O–H groups in total. The molecule has 3 saturated carbocycles. The lowest BCUT2D eigenvalue weighted by Gasteiger charge is -2.64. The summed E-state index contributed by atoms with van der Waals surface area (Å²) in [5, 5.41) is 1.43. The summed E-state index contributed by atoms with van der Waals surface area (Å²) in [6.07, 6.45) is 2.64. The van der Waals surface area contributed by atoms with Crippen molar-refractivity contribution in [3.8, 4) is 0 Å². The van der Waals surface area contributed by atoms with Gasteiger partial charge < -0.3 is 13.7 Å². The standard InChI is InChI=1S/C26H43BO3Si2/c1-18(27-28-23-17-20-16-22(25(20,3)4)26(23,5)30-27)24(19(2)29-31(6,7)8)32(9,10)21-14-12-11-13-15-21/h11-15,19-20,22-24H,1,16-17H2,2-10H3/t19-,20-,22-,23+,24-,26-/m1/s1. The van der Waals surface area contributed by atoms with Gasteiger partial charge in [-0.15, -0.1) is 6.58 Å². The van der Waals surface area contributed by atoms with Gasteiger partial charge in [0.15, 0.2) is 8.32 Å². The van der Waals surface area contributed by atoms with Gasteiger partial charge in [-0.2, -0.15) is 0 Å². The molecule has 0 spiro atoms. The second-order valence-electron chi connectivity index (χ2n) is 12.9. The fourth-order valence-corrected chi connectivity index (χ4v) is 12.3. The Morgan fingerprint density at radius 1 is 1.09 bits per heavy atom. The molecule has 1 aromatic rings. The van der Waals surface area contributed by atoms with Crippen LogP contribution in [0.1, 0.15) is 40.5 Å². The summed E-state index contributed by atoms with van der Waals surface area (Å²) in [6.45, 7) is 25.7. The molecule has 176 valence electrons. The topological polar surface area (TPSA) is 27.7 Å². The van der Waals surface area contributed by atoms with E-state index in [9.17, 15) is 0 Å². The Morgan fingerprint density at radius 3 is 2.28 bits per heavy atom. The van der Waals surface area contributed by atoms with Crippen molar-refractivity contribution in [2.24, 2.45) is 17.3 Å². The summed E-state index contributed by atoms with van der Waals surface area (Å²) in [5.74, 6) is 1.31. The molecule has 2 bridgehead atoms. The van der Waals surface area contributed by atoms with Crippen molar-refractivity contribution in [2.45, 2.75) is 96.6 Å². The van der Waals surface area contributed by atoms with Crippen LogP contribution in [0.4, 0.5) is 0 Å². The zero-order valence-corrected chi connectivity index (χ0v) is 23.7. The van der Waals surface area contributed by atoms with Crippen LogP contribution < -0.4 is 5.19 Å². The predicted octanol–water partition coefficient (Wildman–Crippen LogP) is 6.04. The van der Waals surface area contributed by atoms with Crippen molar-refractivity contribution in [3.05, 3.63) is 42.4 Å². The van der Waals surface area contributed by atoms with E-state index >= 15 is 0 Å². The molecule has 4 fully saturated rings. The van der Waals surface area contributed by atoms with Crippen LogP contribution >= 0.6 is 0 Å². The second-order valence-corrected chi connectivity index (χ2v) is 22.0. The molecule has 4 aliphatic rings. The highest BCUT2D eigenvalue weighted by molar-refractivity contribution is 6.92. The average Bonchev–Trinajstić information content (AvgIpc) is 3.04. The molecule has 1 aromatic carbocycles. The van der Waals surface area contributed by atoms with Gasteiger partial charge in [0.1, 0.15) is 0 Å². The van der Waals surface area contributed by atoms with Crippen LogP contribution in [0, 0.1) is 17.3 Å². The van der Waals surface area contributed by atoms with Crippen molar-refractivity contribution in [2.75, 3.05) is 0 Å². The van der Waals surface area contributed by atoms with Crippen LogP contribution in [-0.2, 0) is 13.7 Å². The lowest BCUT2D eigenvalue weighted by atomic mass is 9.43. The van der Waals surface area contributed by atoms with E-state index in [1.54, 1.807) is 0 Å². The molecule has 32 heavy (non-hydrogen) atoms. The van der Waals surface area contributed by atoms with Gasteiger partial charge in [0.25, 0.3) is 0 Å². The minimum absolute atomic E-state index is 0.0868. The lowest BCUT2D eigenvalue weighted by molar-refractivity contribution is -0.199. The van der Waals surface area contributed by atoms with Crippen LogP contribution in [0.15, 0.2) is 42.4 Å². The van der Waals surface area contributed by atoms with Gasteiger partial charge in [0.2, 0.25) is 0 Å². The molecule has 1 heterocycles. The lowest BCUT2D eigenvalue weighted by Crippen LogP contribution is -2.65. The molecule has 6 atom stereocenters. The zero-order valence-electron chi connectivity index (χ0n) is 21.7. The Morgan fingerprint density at radius 2 is 1.72 bits per heavy atom. The minimum Gasteiger partial charge on any atom is -0.415 e. The Balaban J connectivity index is 1.64. The van der Waals surface area contributed by atoms with Crippen LogP contribution in [0.25, 0.3) is 0 Å². The summed E-state index contributed by atoms with van der Waals surface area (Å²) in [7, 11) is -4.03. The molecule has 3 aliphatic carbocycles.